The molecule has 1 atom stereocenters. The van der Waals surface area contributed by atoms with Crippen LogP contribution in [0.3, 0.4) is 0 Å². The van der Waals surface area contributed by atoms with Crippen LogP contribution in [0.1, 0.15) is 59.8 Å². The molecular formula is C13H28OS2. The second-order valence-corrected chi connectivity index (χ2v) is 8.21. The van der Waals surface area contributed by atoms with Crippen molar-refractivity contribution in [1.82, 2.24) is 0 Å². The summed E-state index contributed by atoms with van der Waals surface area (Å²) in [6.45, 7) is 8.78. The molecule has 0 radical (unpaired) electrons. The van der Waals surface area contributed by atoms with E-state index in [-0.39, 0.29) is 11.5 Å². The lowest BCUT2D eigenvalue weighted by molar-refractivity contribution is 0.142. The van der Waals surface area contributed by atoms with Gasteiger partial charge in [0.2, 0.25) is 0 Å². The summed E-state index contributed by atoms with van der Waals surface area (Å²) in [6.07, 6.45) is 6.10. The number of aliphatic hydroxyl groups excluding tert-OH is 1. The highest BCUT2D eigenvalue weighted by atomic mass is 33.1. The fraction of sp³-hybridized carbons (Fsp3) is 1.00. The fourth-order valence-corrected chi connectivity index (χ4v) is 3.82. The first kappa shape index (κ1) is 16.7. The Labute approximate surface area is 110 Å². The summed E-state index contributed by atoms with van der Waals surface area (Å²) >= 11 is 0. The standard InChI is InChI=1S/C13H28OS2/c1-5-6-7-8-9-15-16-11-12(14)10-13(2,3)4/h12,14H,5-11H2,1-4H3. The molecule has 0 spiro atoms. The van der Waals surface area contributed by atoms with Crippen LogP contribution < -0.4 is 0 Å². The van der Waals surface area contributed by atoms with Crippen molar-refractivity contribution in [2.75, 3.05) is 11.5 Å². The molecule has 0 aromatic carbocycles. The van der Waals surface area contributed by atoms with E-state index >= 15 is 0 Å². The van der Waals surface area contributed by atoms with Gasteiger partial charge in [0.15, 0.2) is 0 Å². The molecule has 0 heterocycles. The number of unbranched alkanes of at least 4 members (excludes halogenated alkanes) is 3. The summed E-state index contributed by atoms with van der Waals surface area (Å²) in [7, 11) is 3.74. The van der Waals surface area contributed by atoms with E-state index in [0.717, 1.165) is 12.2 Å². The molecule has 0 saturated heterocycles. The van der Waals surface area contributed by atoms with Gasteiger partial charge in [-0.3, -0.25) is 0 Å². The second-order valence-electron chi connectivity index (χ2n) is 5.59. The zero-order valence-electron chi connectivity index (χ0n) is 11.3. The van der Waals surface area contributed by atoms with Crippen LogP contribution in [0, 0.1) is 5.41 Å². The highest BCUT2D eigenvalue weighted by Crippen LogP contribution is 2.27. The molecule has 0 aromatic heterocycles. The van der Waals surface area contributed by atoms with Gasteiger partial charge in [-0.2, -0.15) is 0 Å². The lowest BCUT2D eigenvalue weighted by Gasteiger charge is -2.21. The normalized spacial score (nSPS) is 14.1. The monoisotopic (exact) mass is 264 g/mol. The number of rotatable bonds is 9. The first-order chi connectivity index (χ1) is 7.45. The predicted octanol–water partition coefficient (Wildman–Crippen LogP) is 4.75. The lowest BCUT2D eigenvalue weighted by Crippen LogP contribution is -2.19. The van der Waals surface area contributed by atoms with Crippen molar-refractivity contribution in [3.63, 3.8) is 0 Å². The second kappa shape index (κ2) is 9.67. The van der Waals surface area contributed by atoms with Crippen molar-refractivity contribution < 1.29 is 5.11 Å². The van der Waals surface area contributed by atoms with E-state index in [9.17, 15) is 5.11 Å². The van der Waals surface area contributed by atoms with E-state index in [0.29, 0.717) is 0 Å². The van der Waals surface area contributed by atoms with Crippen LogP contribution in [0.4, 0.5) is 0 Å². The Hall–Kier alpha value is 0.660. The van der Waals surface area contributed by atoms with Crippen molar-refractivity contribution in [3.05, 3.63) is 0 Å². The zero-order valence-corrected chi connectivity index (χ0v) is 12.9. The molecule has 1 N–H and O–H groups in total. The van der Waals surface area contributed by atoms with E-state index in [1.54, 1.807) is 0 Å². The highest BCUT2D eigenvalue weighted by Gasteiger charge is 2.16. The van der Waals surface area contributed by atoms with Crippen LogP contribution in [-0.4, -0.2) is 22.7 Å². The zero-order chi connectivity index (χ0) is 12.4. The van der Waals surface area contributed by atoms with Crippen LogP contribution in [0.2, 0.25) is 0 Å². The maximum Gasteiger partial charge on any atom is 0.0643 e. The van der Waals surface area contributed by atoms with Gasteiger partial charge in [0.05, 0.1) is 6.10 Å². The van der Waals surface area contributed by atoms with Gasteiger partial charge >= 0.3 is 0 Å². The van der Waals surface area contributed by atoms with Gasteiger partial charge in [-0.15, -0.1) is 0 Å². The van der Waals surface area contributed by atoms with Crippen molar-refractivity contribution >= 4 is 21.6 Å². The molecule has 16 heavy (non-hydrogen) atoms. The SMILES string of the molecule is CCCCCCSSCC(O)CC(C)(C)C. The molecule has 0 aliphatic carbocycles. The Morgan fingerprint density at radius 3 is 2.31 bits per heavy atom. The Bertz CT molecular complexity index is 155. The van der Waals surface area contributed by atoms with Crippen molar-refractivity contribution in [3.8, 4) is 0 Å². The summed E-state index contributed by atoms with van der Waals surface area (Å²) < 4.78 is 0. The molecule has 98 valence electrons. The molecule has 0 amide bonds. The van der Waals surface area contributed by atoms with Crippen LogP contribution >= 0.6 is 21.6 Å². The van der Waals surface area contributed by atoms with Gasteiger partial charge in [0.1, 0.15) is 0 Å². The number of hydrogen-bond donors (Lipinski definition) is 1. The minimum absolute atomic E-state index is 0.145. The minimum atomic E-state index is -0.145. The van der Waals surface area contributed by atoms with Gasteiger partial charge in [-0.05, 0) is 18.3 Å². The van der Waals surface area contributed by atoms with E-state index in [4.69, 9.17) is 0 Å². The summed E-state index contributed by atoms with van der Waals surface area (Å²) in [5.41, 5.74) is 0.242. The largest absolute Gasteiger partial charge is 0.392 e. The van der Waals surface area contributed by atoms with Gasteiger partial charge in [-0.1, -0.05) is 68.5 Å². The molecule has 0 fully saturated rings. The summed E-state index contributed by atoms with van der Waals surface area (Å²) in [6, 6.07) is 0. The van der Waals surface area contributed by atoms with Crippen molar-refractivity contribution in [2.45, 2.75) is 65.9 Å². The fourth-order valence-electron chi connectivity index (χ4n) is 1.54. The minimum Gasteiger partial charge on any atom is -0.392 e. The topological polar surface area (TPSA) is 20.2 Å². The average Bonchev–Trinajstić information content (AvgIpc) is 2.13. The molecule has 0 aliphatic heterocycles. The number of hydrogen-bond acceptors (Lipinski definition) is 3. The molecule has 1 nitrogen and oxygen atoms in total. The average molecular weight is 264 g/mol. The summed E-state index contributed by atoms with van der Waals surface area (Å²) in [5, 5.41) is 9.79. The van der Waals surface area contributed by atoms with Gasteiger partial charge < -0.3 is 5.11 Å². The van der Waals surface area contributed by atoms with E-state index in [1.165, 1.54) is 31.4 Å². The third kappa shape index (κ3) is 12.7. The smallest absolute Gasteiger partial charge is 0.0643 e. The third-order valence-electron chi connectivity index (χ3n) is 2.27. The van der Waals surface area contributed by atoms with Gasteiger partial charge in [0.25, 0.3) is 0 Å². The summed E-state index contributed by atoms with van der Waals surface area (Å²) in [4.78, 5) is 0. The number of aliphatic hydroxyl groups is 1. The molecule has 1 unspecified atom stereocenters. The van der Waals surface area contributed by atoms with E-state index in [1.807, 2.05) is 21.6 Å². The predicted molar refractivity (Wildman–Crippen MR) is 79.1 cm³/mol. The maximum atomic E-state index is 9.79. The Kier molecular flexibility index (Phi) is 10.1. The maximum absolute atomic E-state index is 9.79. The van der Waals surface area contributed by atoms with Crippen LogP contribution in [0.5, 0.6) is 0 Å². The van der Waals surface area contributed by atoms with Gasteiger partial charge in [0, 0.05) is 11.5 Å². The molecular weight excluding hydrogens is 236 g/mol. The van der Waals surface area contributed by atoms with Crippen LogP contribution in [0.25, 0.3) is 0 Å². The molecule has 0 aromatic rings. The first-order valence-electron chi connectivity index (χ1n) is 6.38. The Morgan fingerprint density at radius 2 is 1.75 bits per heavy atom. The van der Waals surface area contributed by atoms with Crippen molar-refractivity contribution in [2.24, 2.45) is 5.41 Å². The van der Waals surface area contributed by atoms with Crippen molar-refractivity contribution in [1.29, 1.82) is 0 Å². The van der Waals surface area contributed by atoms with Crippen LogP contribution in [-0.2, 0) is 0 Å². The molecule has 0 bridgehead atoms. The van der Waals surface area contributed by atoms with Crippen LogP contribution in [0.15, 0.2) is 0 Å². The lowest BCUT2D eigenvalue weighted by atomic mass is 9.90. The van der Waals surface area contributed by atoms with Gasteiger partial charge in [-0.25, -0.2) is 0 Å². The first-order valence-corrected chi connectivity index (χ1v) is 8.87. The Balaban J connectivity index is 3.25. The highest BCUT2D eigenvalue weighted by molar-refractivity contribution is 8.76. The molecule has 0 rings (SSSR count). The summed E-state index contributed by atoms with van der Waals surface area (Å²) in [5.74, 6) is 2.10. The molecule has 0 saturated carbocycles. The quantitative estimate of drug-likeness (QED) is 0.479. The van der Waals surface area contributed by atoms with E-state index in [2.05, 4.69) is 27.7 Å². The molecule has 3 heteroatoms. The third-order valence-corrected chi connectivity index (χ3v) is 4.82. The van der Waals surface area contributed by atoms with E-state index < -0.39 is 0 Å². The molecule has 0 aliphatic rings. The Morgan fingerprint density at radius 1 is 1.06 bits per heavy atom.